The van der Waals surface area contributed by atoms with E-state index in [0.717, 1.165) is 24.0 Å². The quantitative estimate of drug-likeness (QED) is 0.891. The van der Waals surface area contributed by atoms with Crippen LogP contribution in [0.15, 0.2) is 12.1 Å². The third-order valence-corrected chi connectivity index (χ3v) is 4.27. The molecule has 1 unspecified atom stereocenters. The second-order valence-electron chi connectivity index (χ2n) is 7.21. The first-order chi connectivity index (χ1) is 9.28. The first-order valence-electron chi connectivity index (χ1n) is 7.72. The Hall–Kier alpha value is -1.09. The summed E-state index contributed by atoms with van der Waals surface area (Å²) < 4.78 is 0. The zero-order chi connectivity index (χ0) is 14.9. The zero-order valence-electron chi connectivity index (χ0n) is 13.8. The minimum absolute atomic E-state index is 0.141. The monoisotopic (exact) mass is 275 g/mol. The first kappa shape index (κ1) is 15.3. The van der Waals surface area contributed by atoms with Crippen LogP contribution in [0.1, 0.15) is 51.8 Å². The van der Waals surface area contributed by atoms with Crippen LogP contribution in [-0.4, -0.2) is 23.6 Å². The molecule has 3 nitrogen and oxygen atoms in total. The van der Waals surface area contributed by atoms with Crippen molar-refractivity contribution in [3.63, 3.8) is 0 Å². The van der Waals surface area contributed by atoms with Gasteiger partial charge in [-0.15, -0.1) is 0 Å². The number of nitrogens with one attached hydrogen (secondary N) is 1. The summed E-state index contributed by atoms with van der Waals surface area (Å²) in [7, 11) is 2.16. The second-order valence-corrected chi connectivity index (χ2v) is 7.21. The normalized spacial score (nSPS) is 17.1. The fourth-order valence-electron chi connectivity index (χ4n) is 2.42. The van der Waals surface area contributed by atoms with E-state index in [0.29, 0.717) is 6.04 Å². The van der Waals surface area contributed by atoms with E-state index in [1.807, 2.05) is 0 Å². The van der Waals surface area contributed by atoms with Crippen molar-refractivity contribution < 1.29 is 0 Å². The molecule has 1 N–H and O–H groups in total. The van der Waals surface area contributed by atoms with Crippen LogP contribution in [0.25, 0.3) is 0 Å². The molecule has 1 atom stereocenters. The molecular formula is C17H29N3. The number of anilines is 1. The Bertz CT molecular complexity index is 458. The van der Waals surface area contributed by atoms with Gasteiger partial charge in [-0.25, -0.2) is 4.98 Å². The van der Waals surface area contributed by atoms with Crippen molar-refractivity contribution in [2.24, 2.45) is 5.92 Å². The third kappa shape index (κ3) is 3.95. The minimum Gasteiger partial charge on any atom is -0.357 e. The Morgan fingerprint density at radius 2 is 2.00 bits per heavy atom. The molecule has 0 saturated heterocycles. The number of pyridine rings is 1. The van der Waals surface area contributed by atoms with Gasteiger partial charge in [0, 0.05) is 30.9 Å². The highest BCUT2D eigenvalue weighted by molar-refractivity contribution is 5.42. The van der Waals surface area contributed by atoms with Crippen LogP contribution in [-0.2, 0) is 6.54 Å². The van der Waals surface area contributed by atoms with Gasteiger partial charge in [0.15, 0.2) is 0 Å². The van der Waals surface area contributed by atoms with Gasteiger partial charge in [-0.1, -0.05) is 6.07 Å². The largest absolute Gasteiger partial charge is 0.357 e. The van der Waals surface area contributed by atoms with Crippen LogP contribution in [0, 0.1) is 12.8 Å². The Morgan fingerprint density at radius 1 is 1.35 bits per heavy atom. The second kappa shape index (κ2) is 5.72. The lowest BCUT2D eigenvalue weighted by molar-refractivity contribution is 0.423. The lowest BCUT2D eigenvalue weighted by Gasteiger charge is -2.27. The highest BCUT2D eigenvalue weighted by Gasteiger charge is 2.31. The Balaban J connectivity index is 2.04. The SMILES string of the molecule is Cc1nc(N(C)C(C)C2CC2)ccc1CNC(C)(C)C. The van der Waals surface area contributed by atoms with E-state index in [9.17, 15) is 0 Å². The summed E-state index contributed by atoms with van der Waals surface area (Å²) in [5, 5.41) is 3.53. The van der Waals surface area contributed by atoms with Gasteiger partial charge in [0.2, 0.25) is 0 Å². The molecule has 1 aromatic heterocycles. The molecule has 20 heavy (non-hydrogen) atoms. The molecule has 1 aromatic rings. The van der Waals surface area contributed by atoms with Crippen LogP contribution in [0.5, 0.6) is 0 Å². The zero-order valence-corrected chi connectivity index (χ0v) is 13.8. The van der Waals surface area contributed by atoms with E-state index in [1.165, 1.54) is 18.4 Å². The maximum Gasteiger partial charge on any atom is 0.128 e. The Kier molecular flexibility index (Phi) is 4.38. The minimum atomic E-state index is 0.141. The van der Waals surface area contributed by atoms with Crippen LogP contribution < -0.4 is 10.2 Å². The molecule has 3 heteroatoms. The van der Waals surface area contributed by atoms with Crippen molar-refractivity contribution in [1.82, 2.24) is 10.3 Å². The lowest BCUT2D eigenvalue weighted by Crippen LogP contribution is -2.35. The molecule has 1 aliphatic carbocycles. The topological polar surface area (TPSA) is 28.2 Å². The fourth-order valence-corrected chi connectivity index (χ4v) is 2.42. The van der Waals surface area contributed by atoms with Crippen LogP contribution in [0.3, 0.4) is 0 Å². The lowest BCUT2D eigenvalue weighted by atomic mass is 10.1. The van der Waals surface area contributed by atoms with Gasteiger partial charge in [-0.05, 0) is 65.0 Å². The standard InChI is InChI=1S/C17H29N3/c1-12-15(11-18-17(3,4)5)9-10-16(19-12)20(6)13(2)14-7-8-14/h9-10,13-14,18H,7-8,11H2,1-6H3. The molecule has 1 saturated carbocycles. The number of aromatic nitrogens is 1. The average molecular weight is 275 g/mol. The molecule has 1 fully saturated rings. The number of aryl methyl sites for hydroxylation is 1. The molecule has 2 rings (SSSR count). The van der Waals surface area contributed by atoms with E-state index in [4.69, 9.17) is 4.98 Å². The highest BCUT2D eigenvalue weighted by atomic mass is 15.2. The van der Waals surface area contributed by atoms with Crippen molar-refractivity contribution >= 4 is 5.82 Å². The molecule has 1 heterocycles. The molecule has 0 bridgehead atoms. The summed E-state index contributed by atoms with van der Waals surface area (Å²) in [6.45, 7) is 11.9. The van der Waals surface area contributed by atoms with Crippen molar-refractivity contribution in [1.29, 1.82) is 0 Å². The summed E-state index contributed by atoms with van der Waals surface area (Å²) in [5.74, 6) is 1.96. The van der Waals surface area contributed by atoms with Gasteiger partial charge in [-0.2, -0.15) is 0 Å². The van der Waals surface area contributed by atoms with Gasteiger partial charge in [0.1, 0.15) is 5.82 Å². The van der Waals surface area contributed by atoms with Gasteiger partial charge >= 0.3 is 0 Å². The molecular weight excluding hydrogens is 246 g/mol. The molecule has 0 spiro atoms. The molecule has 0 aliphatic heterocycles. The summed E-state index contributed by atoms with van der Waals surface area (Å²) in [4.78, 5) is 7.12. The predicted molar refractivity (Wildman–Crippen MR) is 86.2 cm³/mol. The van der Waals surface area contributed by atoms with Crippen LogP contribution in [0.4, 0.5) is 5.82 Å². The van der Waals surface area contributed by atoms with Gasteiger partial charge < -0.3 is 10.2 Å². The van der Waals surface area contributed by atoms with E-state index in [1.54, 1.807) is 0 Å². The van der Waals surface area contributed by atoms with Gasteiger partial charge in [0.05, 0.1) is 0 Å². The van der Waals surface area contributed by atoms with Crippen molar-refractivity contribution in [3.8, 4) is 0 Å². The number of rotatable bonds is 5. The van der Waals surface area contributed by atoms with Crippen LogP contribution >= 0.6 is 0 Å². The molecule has 0 aromatic carbocycles. The Labute approximate surface area is 123 Å². The summed E-state index contributed by atoms with van der Waals surface area (Å²) in [5.41, 5.74) is 2.56. The van der Waals surface area contributed by atoms with E-state index >= 15 is 0 Å². The van der Waals surface area contributed by atoms with Crippen LogP contribution in [0.2, 0.25) is 0 Å². The van der Waals surface area contributed by atoms with E-state index in [2.05, 4.69) is 64.0 Å². The van der Waals surface area contributed by atoms with Gasteiger partial charge in [-0.3, -0.25) is 0 Å². The van der Waals surface area contributed by atoms with Crippen molar-refractivity contribution in [2.75, 3.05) is 11.9 Å². The summed E-state index contributed by atoms with van der Waals surface area (Å²) >= 11 is 0. The third-order valence-electron chi connectivity index (χ3n) is 4.27. The van der Waals surface area contributed by atoms with E-state index < -0.39 is 0 Å². The molecule has 112 valence electrons. The predicted octanol–water partition coefficient (Wildman–Crippen LogP) is 3.51. The number of hydrogen-bond acceptors (Lipinski definition) is 3. The average Bonchev–Trinajstić information content (AvgIpc) is 3.18. The molecule has 1 aliphatic rings. The fraction of sp³-hybridized carbons (Fsp3) is 0.706. The number of nitrogens with zero attached hydrogens (tertiary/aromatic N) is 2. The summed E-state index contributed by atoms with van der Waals surface area (Å²) in [6.07, 6.45) is 2.75. The van der Waals surface area contributed by atoms with E-state index in [-0.39, 0.29) is 5.54 Å². The number of hydrogen-bond donors (Lipinski definition) is 1. The maximum atomic E-state index is 4.79. The van der Waals surface area contributed by atoms with Crippen molar-refractivity contribution in [2.45, 2.75) is 65.6 Å². The maximum absolute atomic E-state index is 4.79. The summed E-state index contributed by atoms with van der Waals surface area (Å²) in [6, 6.07) is 4.97. The molecule has 0 amide bonds. The smallest absolute Gasteiger partial charge is 0.128 e. The highest BCUT2D eigenvalue weighted by Crippen LogP contribution is 2.35. The van der Waals surface area contributed by atoms with Crippen molar-refractivity contribution in [3.05, 3.63) is 23.4 Å². The van der Waals surface area contributed by atoms with Gasteiger partial charge in [0.25, 0.3) is 0 Å². The molecule has 0 radical (unpaired) electrons. The first-order valence-corrected chi connectivity index (χ1v) is 7.72. The Morgan fingerprint density at radius 3 is 2.50 bits per heavy atom.